The first-order valence-corrected chi connectivity index (χ1v) is 11.2. The van der Waals surface area contributed by atoms with Crippen molar-refractivity contribution in [3.8, 4) is 5.75 Å². The second-order valence-corrected chi connectivity index (χ2v) is 9.19. The van der Waals surface area contributed by atoms with Gasteiger partial charge in [0.15, 0.2) is 0 Å². The molecule has 30 heavy (non-hydrogen) atoms. The van der Waals surface area contributed by atoms with Crippen LogP contribution in [0.5, 0.6) is 5.75 Å². The second-order valence-electron chi connectivity index (χ2n) is 8.20. The summed E-state index contributed by atoms with van der Waals surface area (Å²) in [5.41, 5.74) is 4.41. The predicted molar refractivity (Wildman–Crippen MR) is 124 cm³/mol. The Bertz CT molecular complexity index is 961. The first-order chi connectivity index (χ1) is 14.3. The van der Waals surface area contributed by atoms with E-state index in [0.717, 1.165) is 34.2 Å². The number of imide groups is 1. The number of benzene rings is 2. The van der Waals surface area contributed by atoms with Gasteiger partial charge in [-0.15, -0.1) is 0 Å². The number of thioether (sulfide) groups is 1. The quantitative estimate of drug-likeness (QED) is 0.486. The molecule has 2 amide bonds. The second kappa shape index (κ2) is 9.52. The van der Waals surface area contributed by atoms with Crippen LogP contribution in [0.1, 0.15) is 61.8 Å². The number of carbonyl (C=O) groups excluding carboxylic acids is 2. The maximum atomic E-state index is 12.7. The molecule has 0 aliphatic carbocycles. The Labute approximate surface area is 183 Å². The highest BCUT2D eigenvalue weighted by atomic mass is 32.2. The number of hydrogen-bond acceptors (Lipinski definition) is 4. The molecular weight excluding hydrogens is 394 g/mol. The van der Waals surface area contributed by atoms with Crippen LogP contribution in [0.4, 0.5) is 4.79 Å². The predicted octanol–water partition coefficient (Wildman–Crippen LogP) is 6.36. The highest BCUT2D eigenvalue weighted by molar-refractivity contribution is 8.18. The average molecular weight is 424 g/mol. The van der Waals surface area contributed by atoms with Gasteiger partial charge in [-0.2, -0.15) is 0 Å². The van der Waals surface area contributed by atoms with Crippen molar-refractivity contribution in [2.45, 2.75) is 46.5 Å². The van der Waals surface area contributed by atoms with Crippen molar-refractivity contribution in [3.63, 3.8) is 0 Å². The molecule has 0 spiro atoms. The Kier molecular flexibility index (Phi) is 7.03. The first kappa shape index (κ1) is 22.2. The molecule has 1 heterocycles. The van der Waals surface area contributed by atoms with E-state index in [4.69, 9.17) is 4.74 Å². The lowest BCUT2D eigenvalue weighted by Crippen LogP contribution is -2.32. The summed E-state index contributed by atoms with van der Waals surface area (Å²) in [6.07, 6.45) is 1.79. The van der Waals surface area contributed by atoms with Gasteiger partial charge in [0.25, 0.3) is 11.1 Å². The number of ether oxygens (including phenoxy) is 1. The molecule has 0 unspecified atom stereocenters. The molecule has 0 radical (unpaired) electrons. The molecule has 4 nitrogen and oxygen atoms in total. The third-order valence-corrected chi connectivity index (χ3v) is 6.05. The number of aryl methyl sites for hydroxylation is 1. The summed E-state index contributed by atoms with van der Waals surface area (Å²) in [5.74, 6) is 1.35. The maximum absolute atomic E-state index is 12.7. The molecule has 0 N–H and O–H groups in total. The molecular formula is C25H29NO3S. The Hall–Kier alpha value is -2.53. The highest BCUT2D eigenvalue weighted by Crippen LogP contribution is 2.33. The van der Waals surface area contributed by atoms with Crippen molar-refractivity contribution < 1.29 is 14.3 Å². The lowest BCUT2D eigenvalue weighted by molar-refractivity contribution is -0.123. The summed E-state index contributed by atoms with van der Waals surface area (Å²) in [7, 11) is 0. The third kappa shape index (κ3) is 5.14. The molecule has 158 valence electrons. The molecule has 0 atom stereocenters. The van der Waals surface area contributed by atoms with E-state index in [2.05, 4.69) is 52.0 Å². The van der Waals surface area contributed by atoms with Crippen molar-refractivity contribution >= 4 is 29.0 Å². The molecule has 1 saturated heterocycles. The Balaban J connectivity index is 1.65. The minimum Gasteiger partial charge on any atom is -0.491 e. The van der Waals surface area contributed by atoms with Crippen LogP contribution >= 0.6 is 11.8 Å². The van der Waals surface area contributed by atoms with Crippen LogP contribution in [0.15, 0.2) is 47.4 Å². The summed E-state index contributed by atoms with van der Waals surface area (Å²) in [4.78, 5) is 26.8. The lowest BCUT2D eigenvalue weighted by atomic mass is 10.0. The molecule has 5 heteroatoms. The standard InChI is InChI=1S/C25H29NO3S/c1-16(2)20-9-7-19(8-10-20)15-23-24(27)26(25(28)30-23)12-13-29-22-14-18(5)6-11-21(22)17(3)4/h6-11,14-17H,12-13H2,1-5H3/b23-15-. The summed E-state index contributed by atoms with van der Waals surface area (Å²) >= 11 is 0.987. The van der Waals surface area contributed by atoms with Gasteiger partial charge in [0.1, 0.15) is 12.4 Å². The molecule has 2 aromatic rings. The van der Waals surface area contributed by atoms with Gasteiger partial charge in [-0.1, -0.05) is 64.1 Å². The maximum Gasteiger partial charge on any atom is 0.293 e. The SMILES string of the molecule is Cc1ccc(C(C)C)c(OCCN2C(=O)S/C(=C\c3ccc(C(C)C)cc3)C2=O)c1. The van der Waals surface area contributed by atoms with Crippen LogP contribution in [-0.2, 0) is 4.79 Å². The van der Waals surface area contributed by atoms with Gasteiger partial charge in [-0.05, 0) is 64.9 Å². The van der Waals surface area contributed by atoms with Crippen molar-refractivity contribution in [2.75, 3.05) is 13.2 Å². The number of amides is 2. The highest BCUT2D eigenvalue weighted by Gasteiger charge is 2.34. The zero-order chi connectivity index (χ0) is 21.8. The van der Waals surface area contributed by atoms with Crippen LogP contribution in [0, 0.1) is 6.92 Å². The number of rotatable bonds is 7. The molecule has 0 aromatic heterocycles. The van der Waals surface area contributed by atoms with Crippen molar-refractivity contribution in [2.24, 2.45) is 0 Å². The van der Waals surface area contributed by atoms with E-state index in [1.54, 1.807) is 6.08 Å². The lowest BCUT2D eigenvalue weighted by Gasteiger charge is -2.17. The number of hydrogen-bond donors (Lipinski definition) is 0. The monoisotopic (exact) mass is 423 g/mol. The van der Waals surface area contributed by atoms with E-state index in [-0.39, 0.29) is 24.3 Å². The number of carbonyl (C=O) groups is 2. The minimum atomic E-state index is -0.255. The zero-order valence-corrected chi connectivity index (χ0v) is 19.1. The largest absolute Gasteiger partial charge is 0.491 e. The van der Waals surface area contributed by atoms with E-state index in [9.17, 15) is 9.59 Å². The van der Waals surface area contributed by atoms with Gasteiger partial charge < -0.3 is 4.74 Å². The van der Waals surface area contributed by atoms with Crippen LogP contribution in [0.2, 0.25) is 0 Å². The van der Waals surface area contributed by atoms with Crippen LogP contribution in [0.3, 0.4) is 0 Å². The smallest absolute Gasteiger partial charge is 0.293 e. The summed E-state index contributed by atoms with van der Waals surface area (Å²) in [6, 6.07) is 14.2. The van der Waals surface area contributed by atoms with E-state index in [0.29, 0.717) is 16.7 Å². The fourth-order valence-electron chi connectivity index (χ4n) is 3.31. The van der Waals surface area contributed by atoms with Crippen LogP contribution < -0.4 is 4.74 Å². The van der Waals surface area contributed by atoms with Gasteiger partial charge in [-0.25, -0.2) is 0 Å². The van der Waals surface area contributed by atoms with Gasteiger partial charge in [0.2, 0.25) is 0 Å². The molecule has 1 aliphatic heterocycles. The normalized spacial score (nSPS) is 15.7. The van der Waals surface area contributed by atoms with Crippen molar-refractivity contribution in [1.82, 2.24) is 4.90 Å². The first-order valence-electron chi connectivity index (χ1n) is 10.3. The van der Waals surface area contributed by atoms with Crippen LogP contribution in [0.25, 0.3) is 6.08 Å². The molecule has 0 bridgehead atoms. The zero-order valence-electron chi connectivity index (χ0n) is 18.3. The molecule has 1 aliphatic rings. The molecule has 0 saturated carbocycles. The fraction of sp³-hybridized carbons (Fsp3) is 0.360. The van der Waals surface area contributed by atoms with E-state index in [1.807, 2.05) is 25.1 Å². The Morgan fingerprint density at radius 3 is 2.33 bits per heavy atom. The number of nitrogens with zero attached hydrogens (tertiary/aromatic N) is 1. The van der Waals surface area contributed by atoms with Crippen LogP contribution in [-0.4, -0.2) is 29.2 Å². The van der Waals surface area contributed by atoms with Gasteiger partial charge in [0.05, 0.1) is 11.4 Å². The fourth-order valence-corrected chi connectivity index (χ4v) is 4.18. The third-order valence-electron chi connectivity index (χ3n) is 5.14. The van der Waals surface area contributed by atoms with E-state index < -0.39 is 0 Å². The van der Waals surface area contributed by atoms with E-state index >= 15 is 0 Å². The van der Waals surface area contributed by atoms with Gasteiger partial charge in [-0.3, -0.25) is 14.5 Å². The van der Waals surface area contributed by atoms with Crippen molar-refractivity contribution in [3.05, 3.63) is 69.6 Å². The average Bonchev–Trinajstić information content (AvgIpc) is 2.95. The summed E-state index contributed by atoms with van der Waals surface area (Å²) in [5, 5.41) is -0.248. The van der Waals surface area contributed by atoms with Gasteiger partial charge >= 0.3 is 0 Å². The topological polar surface area (TPSA) is 46.6 Å². The molecule has 3 rings (SSSR count). The molecule has 1 fully saturated rings. The van der Waals surface area contributed by atoms with Gasteiger partial charge in [0, 0.05) is 0 Å². The minimum absolute atomic E-state index is 0.236. The Morgan fingerprint density at radius 1 is 1.00 bits per heavy atom. The van der Waals surface area contributed by atoms with Crippen molar-refractivity contribution in [1.29, 1.82) is 0 Å². The summed E-state index contributed by atoms with van der Waals surface area (Å²) in [6.45, 7) is 11.1. The summed E-state index contributed by atoms with van der Waals surface area (Å²) < 4.78 is 5.95. The molecule has 2 aromatic carbocycles. The van der Waals surface area contributed by atoms with E-state index in [1.165, 1.54) is 10.5 Å². The Morgan fingerprint density at radius 2 is 1.70 bits per heavy atom.